The maximum absolute atomic E-state index is 12.7. The number of ketones is 1. The van der Waals surface area contributed by atoms with Gasteiger partial charge >= 0.3 is 0 Å². The largest absolute Gasteiger partial charge is 0.508 e. The van der Waals surface area contributed by atoms with Crippen molar-refractivity contribution >= 4 is 5.78 Å². The standard InChI is InChI=1S/C20H20O6/c1-20(2)17(24)7-12-16(26-20)9-14(23)18-13(22)8-15(25-19(12)18)10-3-5-11(21)6-4-10/h3-6,9,15,17,21,23-24H,7-8H2,1-2H3. The molecule has 0 aromatic heterocycles. The van der Waals surface area contributed by atoms with Gasteiger partial charge in [-0.2, -0.15) is 0 Å². The van der Waals surface area contributed by atoms with E-state index in [0.29, 0.717) is 11.3 Å². The molecule has 4 rings (SSSR count). The average Bonchev–Trinajstić information content (AvgIpc) is 2.56. The summed E-state index contributed by atoms with van der Waals surface area (Å²) < 4.78 is 11.9. The van der Waals surface area contributed by atoms with Crippen LogP contribution < -0.4 is 9.47 Å². The van der Waals surface area contributed by atoms with Crippen LogP contribution in [0.4, 0.5) is 0 Å². The average molecular weight is 356 g/mol. The number of Topliss-reactive ketones (excluding diaryl/α,β-unsaturated/α-hetero) is 1. The number of carbonyl (C=O) groups excluding carboxylic acids is 1. The quantitative estimate of drug-likeness (QED) is 0.727. The summed E-state index contributed by atoms with van der Waals surface area (Å²) in [6.45, 7) is 3.53. The number of aromatic hydroxyl groups is 2. The molecule has 2 heterocycles. The molecule has 6 heteroatoms. The molecule has 0 radical (unpaired) electrons. The molecule has 0 fully saturated rings. The molecule has 0 spiro atoms. The molecule has 2 unspecified atom stereocenters. The van der Waals surface area contributed by atoms with Crippen LogP contribution >= 0.6 is 0 Å². The first kappa shape index (κ1) is 16.7. The SMILES string of the molecule is CC1(C)Oc2cc(O)c3c(c2CC1O)OC(c1ccc(O)cc1)CC3=O. The highest BCUT2D eigenvalue weighted by molar-refractivity contribution is 6.03. The Bertz CT molecular complexity index is 884. The Morgan fingerprint density at radius 2 is 1.81 bits per heavy atom. The smallest absolute Gasteiger partial charge is 0.174 e. The number of ether oxygens (including phenoxy) is 2. The molecule has 0 bridgehead atoms. The van der Waals surface area contributed by atoms with Gasteiger partial charge in [-0.3, -0.25) is 4.79 Å². The second kappa shape index (κ2) is 5.64. The van der Waals surface area contributed by atoms with E-state index >= 15 is 0 Å². The lowest BCUT2D eigenvalue weighted by atomic mass is 9.87. The zero-order valence-electron chi connectivity index (χ0n) is 14.5. The summed E-state index contributed by atoms with van der Waals surface area (Å²) in [5.41, 5.74) is 0.662. The van der Waals surface area contributed by atoms with Crippen LogP contribution in [0.1, 0.15) is 47.9 Å². The maximum Gasteiger partial charge on any atom is 0.174 e. The summed E-state index contributed by atoms with van der Waals surface area (Å²) in [6.07, 6.45) is -0.954. The summed E-state index contributed by atoms with van der Waals surface area (Å²) >= 11 is 0. The van der Waals surface area contributed by atoms with Gasteiger partial charge in [0.1, 0.15) is 40.3 Å². The first-order valence-corrected chi connectivity index (χ1v) is 8.51. The van der Waals surface area contributed by atoms with Crippen LogP contribution in [-0.4, -0.2) is 32.8 Å². The van der Waals surface area contributed by atoms with Crippen LogP contribution in [-0.2, 0) is 6.42 Å². The van der Waals surface area contributed by atoms with E-state index < -0.39 is 17.8 Å². The zero-order valence-corrected chi connectivity index (χ0v) is 14.5. The molecule has 3 N–H and O–H groups in total. The summed E-state index contributed by atoms with van der Waals surface area (Å²) in [6, 6.07) is 7.88. The van der Waals surface area contributed by atoms with Gasteiger partial charge in [0.2, 0.25) is 0 Å². The minimum Gasteiger partial charge on any atom is -0.508 e. The van der Waals surface area contributed by atoms with E-state index in [0.717, 1.165) is 5.56 Å². The number of benzene rings is 2. The molecule has 2 aliphatic heterocycles. The van der Waals surface area contributed by atoms with E-state index in [1.165, 1.54) is 18.2 Å². The Labute approximate surface area is 150 Å². The van der Waals surface area contributed by atoms with Gasteiger partial charge in [-0.05, 0) is 31.5 Å². The molecule has 6 nitrogen and oxygen atoms in total. The van der Waals surface area contributed by atoms with Gasteiger partial charge in [-0.1, -0.05) is 12.1 Å². The molecular formula is C20H20O6. The summed E-state index contributed by atoms with van der Waals surface area (Å²) in [5, 5.41) is 30.2. The van der Waals surface area contributed by atoms with Crippen LogP contribution in [0.5, 0.6) is 23.0 Å². The van der Waals surface area contributed by atoms with Crippen LogP contribution in [0.3, 0.4) is 0 Å². The fraction of sp³-hybridized carbons (Fsp3) is 0.350. The third-order valence-corrected chi connectivity index (χ3v) is 5.07. The summed E-state index contributed by atoms with van der Waals surface area (Å²) in [5.74, 6) is 0.397. The number of aliphatic hydroxyl groups is 1. The monoisotopic (exact) mass is 356 g/mol. The molecule has 2 aromatic rings. The number of hydrogen-bond acceptors (Lipinski definition) is 6. The van der Waals surface area contributed by atoms with Crippen LogP contribution in [0, 0.1) is 0 Å². The predicted molar refractivity (Wildman–Crippen MR) is 92.9 cm³/mol. The van der Waals surface area contributed by atoms with Crippen molar-refractivity contribution < 1.29 is 29.6 Å². The maximum atomic E-state index is 12.7. The number of rotatable bonds is 1. The normalized spacial score (nSPS) is 23.4. The van der Waals surface area contributed by atoms with Crippen molar-refractivity contribution in [2.24, 2.45) is 0 Å². The van der Waals surface area contributed by atoms with Crippen molar-refractivity contribution in [3.63, 3.8) is 0 Å². The van der Waals surface area contributed by atoms with Crippen molar-refractivity contribution in [1.29, 1.82) is 0 Å². The van der Waals surface area contributed by atoms with Gasteiger partial charge in [0.15, 0.2) is 5.78 Å². The van der Waals surface area contributed by atoms with Gasteiger partial charge in [0, 0.05) is 18.1 Å². The van der Waals surface area contributed by atoms with Crippen molar-refractivity contribution in [2.45, 2.75) is 44.5 Å². The van der Waals surface area contributed by atoms with Gasteiger partial charge in [0.25, 0.3) is 0 Å². The van der Waals surface area contributed by atoms with Gasteiger partial charge < -0.3 is 24.8 Å². The van der Waals surface area contributed by atoms with Crippen molar-refractivity contribution in [3.8, 4) is 23.0 Å². The van der Waals surface area contributed by atoms with Crippen molar-refractivity contribution in [3.05, 3.63) is 47.0 Å². The van der Waals surface area contributed by atoms with Crippen molar-refractivity contribution in [2.75, 3.05) is 0 Å². The number of fused-ring (bicyclic) bond motifs is 3. The van der Waals surface area contributed by atoms with Crippen LogP contribution in [0.15, 0.2) is 30.3 Å². The number of carbonyl (C=O) groups is 1. The number of hydrogen-bond donors (Lipinski definition) is 3. The van der Waals surface area contributed by atoms with E-state index in [4.69, 9.17) is 9.47 Å². The number of phenols is 2. The first-order valence-electron chi connectivity index (χ1n) is 8.51. The van der Waals surface area contributed by atoms with E-state index in [-0.39, 0.29) is 41.4 Å². The molecule has 0 aliphatic carbocycles. The lowest BCUT2D eigenvalue weighted by Gasteiger charge is -2.39. The summed E-state index contributed by atoms with van der Waals surface area (Å²) in [4.78, 5) is 12.7. The molecule has 136 valence electrons. The third kappa shape index (κ3) is 2.57. The fourth-order valence-corrected chi connectivity index (χ4v) is 3.47. The van der Waals surface area contributed by atoms with Gasteiger partial charge in [0.05, 0.1) is 12.5 Å². The number of phenolic OH excluding ortho intramolecular Hbond substituents is 2. The Kier molecular flexibility index (Phi) is 3.63. The van der Waals surface area contributed by atoms with E-state index in [2.05, 4.69) is 0 Å². The Hall–Kier alpha value is -2.73. The summed E-state index contributed by atoms with van der Waals surface area (Å²) in [7, 11) is 0. The molecule has 2 atom stereocenters. The Morgan fingerprint density at radius 3 is 2.50 bits per heavy atom. The van der Waals surface area contributed by atoms with Crippen molar-refractivity contribution in [1.82, 2.24) is 0 Å². The predicted octanol–water partition coefficient (Wildman–Crippen LogP) is 2.88. The molecule has 26 heavy (non-hydrogen) atoms. The molecule has 2 aliphatic rings. The zero-order chi connectivity index (χ0) is 18.6. The first-order chi connectivity index (χ1) is 12.3. The minimum atomic E-state index is -0.803. The topological polar surface area (TPSA) is 96.2 Å². The van der Waals surface area contributed by atoms with Gasteiger partial charge in [-0.15, -0.1) is 0 Å². The highest BCUT2D eigenvalue weighted by atomic mass is 16.5. The molecule has 2 aromatic carbocycles. The lowest BCUT2D eigenvalue weighted by molar-refractivity contribution is -0.0423. The lowest BCUT2D eigenvalue weighted by Crippen LogP contribution is -2.46. The van der Waals surface area contributed by atoms with E-state index in [9.17, 15) is 20.1 Å². The molecular weight excluding hydrogens is 336 g/mol. The van der Waals surface area contributed by atoms with Crippen LogP contribution in [0.2, 0.25) is 0 Å². The fourth-order valence-electron chi connectivity index (χ4n) is 3.47. The molecule has 0 saturated heterocycles. The third-order valence-electron chi connectivity index (χ3n) is 5.07. The van der Waals surface area contributed by atoms with Gasteiger partial charge in [-0.25, -0.2) is 0 Å². The second-order valence-electron chi connectivity index (χ2n) is 7.33. The number of aliphatic hydroxyl groups excluding tert-OH is 1. The Balaban J connectivity index is 1.80. The van der Waals surface area contributed by atoms with Crippen LogP contribution in [0.25, 0.3) is 0 Å². The second-order valence-corrected chi connectivity index (χ2v) is 7.33. The highest BCUT2D eigenvalue weighted by Crippen LogP contribution is 2.48. The minimum absolute atomic E-state index is 0.0824. The molecule has 0 amide bonds. The van der Waals surface area contributed by atoms with E-state index in [1.54, 1.807) is 26.0 Å². The highest BCUT2D eigenvalue weighted by Gasteiger charge is 2.41. The Morgan fingerprint density at radius 1 is 1.12 bits per heavy atom. The molecule has 0 saturated carbocycles. The van der Waals surface area contributed by atoms with E-state index in [1.807, 2.05) is 0 Å².